The number of nitrogens with two attached hydrogens (primary N) is 1. The van der Waals surface area contributed by atoms with Crippen LogP contribution in [0.15, 0.2) is 6.33 Å². The Hall–Kier alpha value is -1.98. The number of rotatable bonds is 3. The third kappa shape index (κ3) is 3.42. The highest BCUT2D eigenvalue weighted by Crippen LogP contribution is 2.39. The van der Waals surface area contributed by atoms with E-state index in [2.05, 4.69) is 20.0 Å². The summed E-state index contributed by atoms with van der Waals surface area (Å²) in [6, 6.07) is -0.203. The average Bonchev–Trinajstić information content (AvgIpc) is 2.47. The van der Waals surface area contributed by atoms with Crippen LogP contribution in [0.3, 0.4) is 0 Å². The molecule has 0 atom stereocenters. The summed E-state index contributed by atoms with van der Waals surface area (Å²) in [6.07, 6.45) is 2.54. The zero-order valence-corrected chi connectivity index (χ0v) is 14.3. The van der Waals surface area contributed by atoms with E-state index in [1.807, 2.05) is 4.90 Å². The van der Waals surface area contributed by atoms with E-state index in [4.69, 9.17) is 9.88 Å². The van der Waals surface area contributed by atoms with Crippen LogP contribution in [0.25, 0.3) is 0 Å². The minimum atomic E-state index is -3.71. The molecule has 3 heterocycles. The maximum atomic E-state index is 12.0. The molecule has 0 bridgehead atoms. The van der Waals surface area contributed by atoms with E-state index in [0.29, 0.717) is 43.3 Å². The molecule has 1 aromatic rings. The molecule has 1 aromatic heterocycles. The molecular formula is C13H20N6O4S. The van der Waals surface area contributed by atoms with Crippen molar-refractivity contribution in [3.8, 4) is 5.75 Å². The number of fused-ring (bicyclic) bond motifs is 1. The Morgan fingerprint density at radius 2 is 2.04 bits per heavy atom. The topological polar surface area (TPSA) is 140 Å². The second-order valence-corrected chi connectivity index (χ2v) is 7.69. The predicted molar refractivity (Wildman–Crippen MR) is 86.8 cm³/mol. The first-order valence-corrected chi connectivity index (χ1v) is 9.11. The van der Waals surface area contributed by atoms with Gasteiger partial charge >= 0.3 is 0 Å². The number of amides is 1. The largest absolute Gasteiger partial charge is 0.470 e. The third-order valence-corrected chi connectivity index (χ3v) is 4.71. The first-order valence-electron chi connectivity index (χ1n) is 7.56. The van der Waals surface area contributed by atoms with Gasteiger partial charge in [-0.1, -0.05) is 0 Å². The van der Waals surface area contributed by atoms with Crippen molar-refractivity contribution >= 4 is 27.8 Å². The molecule has 0 radical (unpaired) electrons. The molecule has 3 rings (SSSR count). The average molecular weight is 356 g/mol. The summed E-state index contributed by atoms with van der Waals surface area (Å²) in [5.74, 6) is 1.09. The molecule has 0 aromatic carbocycles. The second-order valence-electron chi connectivity index (χ2n) is 6.37. The van der Waals surface area contributed by atoms with Crippen molar-refractivity contribution in [2.45, 2.75) is 38.3 Å². The van der Waals surface area contributed by atoms with Gasteiger partial charge in [0, 0.05) is 19.1 Å². The Morgan fingerprint density at radius 1 is 1.38 bits per heavy atom. The lowest BCUT2D eigenvalue weighted by Crippen LogP contribution is -2.48. The molecule has 0 aliphatic carbocycles. The lowest BCUT2D eigenvalue weighted by atomic mass is 10.1. The fraction of sp³-hybridized carbons (Fsp3) is 0.615. The van der Waals surface area contributed by atoms with E-state index in [1.54, 1.807) is 13.8 Å². The Bertz CT molecular complexity index is 758. The van der Waals surface area contributed by atoms with Crippen LogP contribution in [0.2, 0.25) is 0 Å². The first-order chi connectivity index (χ1) is 11.2. The maximum Gasteiger partial charge on any atom is 0.274 e. The van der Waals surface area contributed by atoms with Gasteiger partial charge in [0.2, 0.25) is 5.75 Å². The van der Waals surface area contributed by atoms with Gasteiger partial charge in [0.05, 0.1) is 0 Å². The third-order valence-electron chi connectivity index (χ3n) is 4.05. The number of hydrogen-bond donors (Lipinski definition) is 3. The zero-order valence-electron chi connectivity index (χ0n) is 13.4. The van der Waals surface area contributed by atoms with Gasteiger partial charge in [-0.3, -0.25) is 4.79 Å². The normalized spacial score (nSPS) is 21.0. The molecule has 0 spiro atoms. The van der Waals surface area contributed by atoms with Crippen LogP contribution in [-0.2, 0) is 15.0 Å². The lowest BCUT2D eigenvalue weighted by Gasteiger charge is -2.36. The molecule has 1 saturated heterocycles. The number of carbonyl (C=O) groups excluding carboxylic acids is 1. The van der Waals surface area contributed by atoms with E-state index >= 15 is 0 Å². The van der Waals surface area contributed by atoms with Crippen molar-refractivity contribution in [1.82, 2.24) is 14.7 Å². The predicted octanol–water partition coefficient (Wildman–Crippen LogP) is -0.652. The summed E-state index contributed by atoms with van der Waals surface area (Å²) in [5, 5.41) is 7.73. The number of carbonyl (C=O) groups is 1. The van der Waals surface area contributed by atoms with E-state index in [0.717, 1.165) is 0 Å². The second kappa shape index (κ2) is 5.83. The number of ether oxygens (including phenoxy) is 1. The molecule has 4 N–H and O–H groups in total. The van der Waals surface area contributed by atoms with Gasteiger partial charge < -0.3 is 15.0 Å². The smallest absolute Gasteiger partial charge is 0.274 e. The van der Waals surface area contributed by atoms with Crippen molar-refractivity contribution in [3.05, 3.63) is 6.33 Å². The number of nitrogens with zero attached hydrogens (tertiary/aromatic N) is 3. The summed E-state index contributed by atoms with van der Waals surface area (Å²) in [4.78, 5) is 22.3. The number of piperidine rings is 1. The minimum absolute atomic E-state index is 0.203. The minimum Gasteiger partial charge on any atom is -0.470 e. The molecule has 0 saturated carbocycles. The molecule has 2 aliphatic rings. The van der Waals surface area contributed by atoms with E-state index in [9.17, 15) is 13.2 Å². The highest BCUT2D eigenvalue weighted by Gasteiger charge is 2.39. The first kappa shape index (κ1) is 16.9. The Morgan fingerprint density at radius 3 is 2.67 bits per heavy atom. The van der Waals surface area contributed by atoms with Crippen LogP contribution in [-0.4, -0.2) is 49.0 Å². The van der Waals surface area contributed by atoms with Crippen molar-refractivity contribution in [2.75, 3.05) is 23.3 Å². The molecular weight excluding hydrogens is 336 g/mol. The Kier molecular flexibility index (Phi) is 4.10. The fourth-order valence-electron chi connectivity index (χ4n) is 2.77. The molecule has 1 amide bonds. The molecule has 11 heteroatoms. The highest BCUT2D eigenvalue weighted by atomic mass is 32.2. The molecule has 10 nitrogen and oxygen atoms in total. The van der Waals surface area contributed by atoms with Crippen LogP contribution in [0.4, 0.5) is 11.6 Å². The Balaban J connectivity index is 1.78. The quantitative estimate of drug-likeness (QED) is 0.653. The highest BCUT2D eigenvalue weighted by molar-refractivity contribution is 7.87. The summed E-state index contributed by atoms with van der Waals surface area (Å²) in [7, 11) is -3.71. The maximum absolute atomic E-state index is 12.0. The van der Waals surface area contributed by atoms with Gasteiger partial charge in [-0.25, -0.2) is 15.1 Å². The summed E-state index contributed by atoms with van der Waals surface area (Å²) in [6.45, 7) is 4.50. The van der Waals surface area contributed by atoms with Gasteiger partial charge in [-0.15, -0.1) is 0 Å². The zero-order chi connectivity index (χ0) is 17.5. The monoisotopic (exact) mass is 356 g/mol. The van der Waals surface area contributed by atoms with Crippen molar-refractivity contribution < 1.29 is 17.9 Å². The molecule has 24 heavy (non-hydrogen) atoms. The molecule has 2 aliphatic heterocycles. The fourth-order valence-corrected chi connectivity index (χ4v) is 3.47. The number of hydrogen-bond acceptors (Lipinski definition) is 7. The number of aromatic nitrogens is 2. The summed E-state index contributed by atoms with van der Waals surface area (Å²) in [5.41, 5.74) is -1.01. The van der Waals surface area contributed by atoms with Crippen LogP contribution in [0.1, 0.15) is 26.7 Å². The van der Waals surface area contributed by atoms with Crippen LogP contribution < -0.4 is 24.8 Å². The number of anilines is 2. The van der Waals surface area contributed by atoms with Gasteiger partial charge in [0.15, 0.2) is 17.2 Å². The van der Waals surface area contributed by atoms with Crippen LogP contribution in [0.5, 0.6) is 5.75 Å². The van der Waals surface area contributed by atoms with Gasteiger partial charge in [-0.2, -0.15) is 13.1 Å². The standard InChI is InChI=1S/C13H20N6O4S/c1-13(2)12(20)17-10-9(23-13)11(16-7-15-10)19-5-3-8(4-6-19)18-24(14,21)22/h7-8,18H,3-6H2,1-2H3,(H2,14,21,22)(H,15,16,17,20). The van der Waals surface area contributed by atoms with Gasteiger partial charge in [0.25, 0.3) is 16.1 Å². The molecule has 0 unspecified atom stereocenters. The van der Waals surface area contributed by atoms with Crippen molar-refractivity contribution in [3.63, 3.8) is 0 Å². The van der Waals surface area contributed by atoms with Crippen molar-refractivity contribution in [2.24, 2.45) is 5.14 Å². The van der Waals surface area contributed by atoms with Gasteiger partial charge in [-0.05, 0) is 26.7 Å². The van der Waals surface area contributed by atoms with Crippen LogP contribution >= 0.6 is 0 Å². The van der Waals surface area contributed by atoms with Crippen LogP contribution in [0, 0.1) is 0 Å². The van der Waals surface area contributed by atoms with E-state index < -0.39 is 15.8 Å². The summed E-state index contributed by atoms with van der Waals surface area (Å²) >= 11 is 0. The molecule has 132 valence electrons. The van der Waals surface area contributed by atoms with E-state index in [1.165, 1.54) is 6.33 Å². The number of nitrogens with one attached hydrogen (secondary N) is 2. The van der Waals surface area contributed by atoms with Gasteiger partial charge in [0.1, 0.15) is 6.33 Å². The van der Waals surface area contributed by atoms with E-state index in [-0.39, 0.29) is 11.9 Å². The Labute approximate surface area is 140 Å². The molecule has 1 fully saturated rings. The SMILES string of the molecule is CC1(C)Oc2c(ncnc2N2CCC(NS(N)(=O)=O)CC2)NC1=O. The lowest BCUT2D eigenvalue weighted by molar-refractivity contribution is -0.129. The summed E-state index contributed by atoms with van der Waals surface area (Å²) < 4.78 is 30.5. The van der Waals surface area contributed by atoms with Crippen molar-refractivity contribution in [1.29, 1.82) is 0 Å².